The number of unbranched alkanes of at least 4 members (excludes halogenated alkanes) is 6. The molecular formula is C66H86Cl2N18+2. The molecule has 8 aromatic rings. The molecule has 20 heteroatoms. The highest BCUT2D eigenvalue weighted by Gasteiger charge is 2.18. The third-order valence-electron chi connectivity index (χ3n) is 15.3. The Morgan fingerprint density at radius 1 is 0.372 bits per heavy atom. The third-order valence-corrected chi connectivity index (χ3v) is 15.3. The van der Waals surface area contributed by atoms with Crippen molar-refractivity contribution in [3.63, 3.8) is 0 Å². The molecule has 2 aliphatic heterocycles. The number of halogens is 2. The van der Waals surface area contributed by atoms with Crippen LogP contribution < -0.4 is 62.7 Å². The lowest BCUT2D eigenvalue weighted by Gasteiger charge is -2.16. The Balaban J connectivity index is 0.000000242. The van der Waals surface area contributed by atoms with Gasteiger partial charge in [-0.15, -0.1) is 10.2 Å². The first-order valence-electron chi connectivity index (χ1n) is 30.1. The summed E-state index contributed by atoms with van der Waals surface area (Å²) in [4.78, 5) is 9.01. The summed E-state index contributed by atoms with van der Waals surface area (Å²) in [6.45, 7) is 8.40. The number of aryl methyl sites for hydroxylation is 6. The van der Waals surface area contributed by atoms with Crippen LogP contribution in [0.4, 0.5) is 68.8 Å². The Labute approximate surface area is 521 Å². The van der Waals surface area contributed by atoms with Crippen LogP contribution in [0.5, 0.6) is 0 Å². The zero-order valence-electron chi connectivity index (χ0n) is 51.1. The van der Waals surface area contributed by atoms with Crippen LogP contribution in [0.2, 0.25) is 0 Å². The van der Waals surface area contributed by atoms with Crippen LogP contribution >= 0.6 is 0 Å². The number of hydrogen-bond acceptors (Lipinski definition) is 12. The Morgan fingerprint density at radius 2 is 0.698 bits per heavy atom. The lowest BCUT2D eigenvalue weighted by Crippen LogP contribution is -3.00. The summed E-state index contributed by atoms with van der Waals surface area (Å²) in [6, 6.07) is 41.1. The van der Waals surface area contributed by atoms with Crippen molar-refractivity contribution in [1.29, 1.82) is 0 Å². The predicted molar refractivity (Wildman–Crippen MR) is 335 cm³/mol. The molecule has 4 aromatic heterocycles. The monoisotopic (exact) mass is 1200 g/mol. The Hall–Kier alpha value is -8.22. The molecule has 2 fully saturated rings. The molecule has 18 nitrogen and oxygen atoms in total. The van der Waals surface area contributed by atoms with Crippen molar-refractivity contribution in [2.75, 3.05) is 74.0 Å². The molecule has 2 aliphatic rings. The van der Waals surface area contributed by atoms with E-state index in [0.717, 1.165) is 148 Å². The van der Waals surface area contributed by atoms with E-state index < -0.39 is 0 Å². The zero-order valence-corrected chi connectivity index (χ0v) is 52.6. The van der Waals surface area contributed by atoms with Gasteiger partial charge in [-0.25, -0.2) is 27.4 Å². The summed E-state index contributed by atoms with van der Waals surface area (Å²) in [7, 11) is 12.2. The van der Waals surface area contributed by atoms with Gasteiger partial charge in [0.2, 0.25) is 0 Å². The number of imidazole rings is 2. The van der Waals surface area contributed by atoms with Crippen molar-refractivity contribution in [3.8, 4) is 0 Å². The van der Waals surface area contributed by atoms with E-state index in [1.54, 1.807) is 0 Å². The van der Waals surface area contributed by atoms with Crippen LogP contribution in [-0.2, 0) is 40.3 Å². The fourth-order valence-corrected chi connectivity index (χ4v) is 10.4. The molecule has 0 bridgehead atoms. The molecule has 0 amide bonds. The highest BCUT2D eigenvalue weighted by Crippen LogP contribution is 2.28. The van der Waals surface area contributed by atoms with E-state index in [-0.39, 0.29) is 24.8 Å². The van der Waals surface area contributed by atoms with Gasteiger partial charge in [-0.2, -0.15) is 10.2 Å². The van der Waals surface area contributed by atoms with E-state index in [9.17, 15) is 0 Å². The smallest absolute Gasteiger partial charge is 0.421 e. The van der Waals surface area contributed by atoms with E-state index in [1.165, 1.54) is 49.9 Å². The maximum Gasteiger partial charge on any atom is 0.421 e. The fraction of sp³-hybridized carbons (Fsp3) is 0.394. The van der Waals surface area contributed by atoms with Crippen molar-refractivity contribution in [2.24, 2.45) is 55.0 Å². The first-order chi connectivity index (χ1) is 41.1. The maximum atomic E-state index is 4.60. The molecule has 10 rings (SSSR count). The van der Waals surface area contributed by atoms with Crippen LogP contribution in [0.1, 0.15) is 77.0 Å². The topological polar surface area (TPSA) is 137 Å². The number of nitrogens with zero attached hydrogens (tertiary/aromatic N) is 18. The van der Waals surface area contributed by atoms with Crippen molar-refractivity contribution in [2.45, 2.75) is 103 Å². The van der Waals surface area contributed by atoms with Gasteiger partial charge in [-0.05, 0) is 161 Å². The number of hydrogen-bond donors (Lipinski definition) is 0. The number of azo groups is 4. The van der Waals surface area contributed by atoms with E-state index in [0.29, 0.717) is 0 Å². The normalized spacial score (nSPS) is 13.2. The first kappa shape index (κ1) is 65.3. The van der Waals surface area contributed by atoms with Crippen LogP contribution in [-0.4, -0.2) is 63.5 Å². The van der Waals surface area contributed by atoms with Crippen LogP contribution in [0, 0.1) is 0 Å². The van der Waals surface area contributed by atoms with Gasteiger partial charge < -0.3 is 44.4 Å². The number of aromatic nitrogens is 6. The summed E-state index contributed by atoms with van der Waals surface area (Å²) >= 11 is 0. The second-order valence-electron chi connectivity index (χ2n) is 22.3. The van der Waals surface area contributed by atoms with Gasteiger partial charge in [0.25, 0.3) is 0 Å². The van der Waals surface area contributed by atoms with Gasteiger partial charge in [-0.1, -0.05) is 23.1 Å². The summed E-state index contributed by atoms with van der Waals surface area (Å²) < 4.78 is 12.9. The molecule has 0 aliphatic carbocycles. The van der Waals surface area contributed by atoms with Gasteiger partial charge in [0.05, 0.1) is 63.3 Å². The lowest BCUT2D eigenvalue weighted by atomic mass is 10.2. The van der Waals surface area contributed by atoms with E-state index in [4.69, 9.17) is 0 Å². The van der Waals surface area contributed by atoms with Gasteiger partial charge in [0.1, 0.15) is 35.8 Å². The molecule has 0 saturated carbocycles. The Bertz CT molecular complexity index is 3170. The number of pyridine rings is 2. The quantitative estimate of drug-likeness (QED) is 0.0304. The van der Waals surface area contributed by atoms with Crippen molar-refractivity contribution >= 4 is 68.8 Å². The van der Waals surface area contributed by atoms with Crippen molar-refractivity contribution in [1.82, 2.24) is 9.13 Å². The van der Waals surface area contributed by atoms with E-state index in [2.05, 4.69) is 177 Å². The van der Waals surface area contributed by atoms with Gasteiger partial charge in [0.15, 0.2) is 24.8 Å². The number of anilines is 4. The maximum absolute atomic E-state index is 4.60. The van der Waals surface area contributed by atoms with Crippen molar-refractivity contribution < 1.29 is 43.1 Å². The second-order valence-corrected chi connectivity index (χ2v) is 22.3. The fourth-order valence-electron chi connectivity index (χ4n) is 10.4. The SMILES string of the molecule is CN(C)c1ccc(N=Nc2ccc[n+](CCCCCC[n+]3cccc(N=Nc4ccc(N(C)C)cc4)c3)c2)cc1.C[n+]1ccn(CCCCCCn2cc[n+](C)c2N=Nc2ccc(N3CCCC3)cc2)c1N=Nc1ccc(N2CCCC2)cc1.[Cl-].[Cl-]. The van der Waals surface area contributed by atoms with Gasteiger partial charge in [-0.3, -0.25) is 0 Å². The summed E-state index contributed by atoms with van der Waals surface area (Å²) in [5, 5.41) is 35.9. The van der Waals surface area contributed by atoms with Crippen LogP contribution in [0.25, 0.3) is 0 Å². The highest BCUT2D eigenvalue weighted by atomic mass is 35.5. The molecule has 0 spiro atoms. The van der Waals surface area contributed by atoms with Crippen LogP contribution in [0.3, 0.4) is 0 Å². The minimum absolute atomic E-state index is 0. The van der Waals surface area contributed by atoms with Crippen LogP contribution in [0.15, 0.2) is 212 Å². The molecule has 0 unspecified atom stereocenters. The molecule has 0 N–H and O–H groups in total. The minimum Gasteiger partial charge on any atom is -1.00 e. The zero-order chi connectivity index (χ0) is 58.3. The van der Waals surface area contributed by atoms with Gasteiger partial charge in [0, 0.05) is 112 Å². The predicted octanol–water partition coefficient (Wildman–Crippen LogP) is 8.72. The minimum atomic E-state index is 0. The molecule has 0 radical (unpaired) electrons. The average molecular weight is 1200 g/mol. The van der Waals surface area contributed by atoms with Gasteiger partial charge >= 0.3 is 11.9 Å². The largest absolute Gasteiger partial charge is 1.00 e. The van der Waals surface area contributed by atoms with E-state index in [1.807, 2.05) is 124 Å². The number of rotatable bonds is 26. The lowest BCUT2D eigenvalue weighted by molar-refractivity contribution is -0.698. The molecule has 4 aromatic carbocycles. The summed E-state index contributed by atoms with van der Waals surface area (Å²) in [6.07, 6.45) is 30.9. The number of benzene rings is 4. The first-order valence-corrected chi connectivity index (χ1v) is 30.1. The molecule has 86 heavy (non-hydrogen) atoms. The summed E-state index contributed by atoms with van der Waals surface area (Å²) in [5.74, 6) is 1.74. The molecule has 2 saturated heterocycles. The molecule has 452 valence electrons. The molecular weight excluding hydrogens is 1120 g/mol. The van der Waals surface area contributed by atoms with Crippen molar-refractivity contribution in [3.05, 3.63) is 171 Å². The Kier molecular flexibility index (Phi) is 25.9. The third kappa shape index (κ3) is 19.9. The Morgan fingerprint density at radius 3 is 1.06 bits per heavy atom. The standard InChI is InChI=1S/C34H46N10.C32H40N8.2ClH/c1-39-25-27-43(33(39)37-35-29-11-15-31(16-12-29)41-19-7-8-20-41)23-5-3-4-6-24-44-28-26-40(2)34(44)38-36-30-13-17-32(18-14-30)42-21-9-10-22-42;1-37(2)31-17-13-27(14-18-31)33-35-29-11-9-23-39(25-29)21-7-5-6-8-22-40-24-10-12-30(26-40)36-34-28-15-19-32(20-16-28)38(3)4;;/h11-18,25-28H,3-10,19-24H2,1-2H3;9-20,23-26H,5-8,21-22H2,1-4H3;2*1H/q2*+2;;/p-2. The van der Waals surface area contributed by atoms with E-state index >= 15 is 0 Å². The molecule has 6 heterocycles. The average Bonchev–Trinajstić information content (AvgIpc) is 4.57. The molecule has 0 atom stereocenters. The highest BCUT2D eigenvalue weighted by molar-refractivity contribution is 5.55. The summed E-state index contributed by atoms with van der Waals surface area (Å²) in [5.41, 5.74) is 10.0. The second kappa shape index (κ2) is 34.1.